The molecule has 0 atom stereocenters. The minimum Gasteiger partial charge on any atom is -0.543 e. The summed E-state index contributed by atoms with van der Waals surface area (Å²) in [6, 6.07) is 0. The minimum atomic E-state index is -2.19. The van der Waals surface area contributed by atoms with Crippen molar-refractivity contribution in [1.29, 1.82) is 0 Å². The van der Waals surface area contributed by atoms with Crippen LogP contribution in [-0.2, 0) is 39.6 Å². The van der Waals surface area contributed by atoms with Crippen LogP contribution in [0.2, 0.25) is 0 Å². The van der Waals surface area contributed by atoms with Crippen molar-refractivity contribution in [3.63, 3.8) is 0 Å². The average Bonchev–Trinajstić information content (AvgIpc) is 1.88. The number of hydrogen-bond donors (Lipinski definition) is 0. The van der Waals surface area contributed by atoms with Crippen molar-refractivity contribution < 1.29 is 65.5 Å². The zero-order chi connectivity index (χ0) is 10.3. The fraction of sp³-hybridized carbons (Fsp3) is 0. The second kappa shape index (κ2) is 11.5. The molecule has 0 amide bonds. The number of carbonyl (C=O) groups excluding carboxylic acids is 4. The van der Waals surface area contributed by atoms with Crippen LogP contribution in [0.1, 0.15) is 0 Å². The van der Waals surface area contributed by atoms with Gasteiger partial charge in [0.2, 0.25) is 0 Å². The van der Waals surface area contributed by atoms with E-state index in [4.69, 9.17) is 39.6 Å². The van der Waals surface area contributed by atoms with Crippen LogP contribution in [0.15, 0.2) is 0 Å². The van der Waals surface area contributed by atoms with Crippen molar-refractivity contribution in [3.05, 3.63) is 0 Å². The molecule has 0 rings (SSSR count). The van der Waals surface area contributed by atoms with Gasteiger partial charge in [0.1, 0.15) is 0 Å². The molecule has 0 unspecified atom stereocenters. The van der Waals surface area contributed by atoms with Crippen LogP contribution in [0, 0.1) is 0 Å². The first-order valence-corrected chi connectivity index (χ1v) is 2.13. The fourth-order valence-corrected chi connectivity index (χ4v) is 0. The summed E-state index contributed by atoms with van der Waals surface area (Å²) in [6.45, 7) is 0. The van der Waals surface area contributed by atoms with E-state index in [0.29, 0.717) is 0 Å². The van der Waals surface area contributed by atoms with E-state index in [0.717, 1.165) is 0 Å². The predicted octanol–water partition coefficient (Wildman–Crippen LogP) is -7.85. The molecule has 14 heavy (non-hydrogen) atoms. The van der Waals surface area contributed by atoms with Crippen molar-refractivity contribution in [1.82, 2.24) is 0 Å². The summed E-state index contributed by atoms with van der Waals surface area (Å²) in [5.41, 5.74) is 0. The van der Waals surface area contributed by atoms with Crippen molar-refractivity contribution in [2.24, 2.45) is 0 Å². The van der Waals surface area contributed by atoms with Crippen molar-refractivity contribution in [2.45, 2.75) is 0 Å². The van der Waals surface area contributed by atoms with E-state index in [1.54, 1.807) is 0 Å². The summed E-state index contributed by atoms with van der Waals surface area (Å²) in [7, 11) is 0. The molecule has 0 aliphatic carbocycles. The van der Waals surface area contributed by atoms with Gasteiger partial charge in [-0.25, -0.2) is 0 Å². The zero-order valence-corrected chi connectivity index (χ0v) is 7.64. The van der Waals surface area contributed by atoms with Gasteiger partial charge in [0.15, 0.2) is 0 Å². The Kier molecular flexibility index (Phi) is 18.8. The predicted molar refractivity (Wildman–Crippen MR) is 23.6 cm³/mol. The summed E-state index contributed by atoms with van der Waals surface area (Å²) in [5, 5.41) is 35.7. The molecular formula is C4H2O9Pd. The monoisotopic (exact) mass is 300 g/mol. The molecule has 0 radical (unpaired) electrons. The van der Waals surface area contributed by atoms with Gasteiger partial charge >= 0.3 is 20.4 Å². The Hall–Kier alpha value is -1.50. The average molecular weight is 300 g/mol. The Balaban J connectivity index is -0.0000000625. The maximum atomic E-state index is 8.93. The van der Waals surface area contributed by atoms with Crippen LogP contribution in [0.3, 0.4) is 0 Å². The number of hydrogen-bond acceptors (Lipinski definition) is 8. The van der Waals surface area contributed by atoms with Crippen LogP contribution < -0.4 is 20.4 Å². The summed E-state index contributed by atoms with van der Waals surface area (Å²) in [6.07, 6.45) is 0. The van der Waals surface area contributed by atoms with E-state index in [-0.39, 0.29) is 25.9 Å². The molecule has 10 heteroatoms. The zero-order valence-electron chi connectivity index (χ0n) is 6.08. The van der Waals surface area contributed by atoms with Gasteiger partial charge in [-0.2, -0.15) is 0 Å². The third kappa shape index (κ3) is 22.4. The molecule has 0 heterocycles. The minimum absolute atomic E-state index is 0. The van der Waals surface area contributed by atoms with Crippen LogP contribution >= 0.6 is 0 Å². The summed E-state index contributed by atoms with van der Waals surface area (Å²) >= 11 is 0. The Morgan fingerprint density at radius 3 is 0.643 bits per heavy atom. The Labute approximate surface area is 89.9 Å². The van der Waals surface area contributed by atoms with E-state index in [1.165, 1.54) is 0 Å². The first kappa shape index (κ1) is 22.9. The molecule has 9 nitrogen and oxygen atoms in total. The molecule has 82 valence electrons. The quantitative estimate of drug-likeness (QED) is 0.310. The first-order chi connectivity index (χ1) is 5.29. The summed E-state index contributed by atoms with van der Waals surface area (Å²) in [5.74, 6) is -8.74. The van der Waals surface area contributed by atoms with Gasteiger partial charge in [0.05, 0.1) is 23.9 Å². The van der Waals surface area contributed by atoms with Crippen molar-refractivity contribution in [3.8, 4) is 0 Å². The van der Waals surface area contributed by atoms with Crippen LogP contribution in [0.5, 0.6) is 0 Å². The maximum Gasteiger partial charge on any atom is 4.00 e. The molecule has 0 aromatic heterocycles. The van der Waals surface area contributed by atoms with Crippen LogP contribution in [0.4, 0.5) is 0 Å². The molecule has 0 bridgehead atoms. The smallest absolute Gasteiger partial charge is 0.543 e. The first-order valence-electron chi connectivity index (χ1n) is 2.13. The second-order valence-corrected chi connectivity index (χ2v) is 1.15. The number of rotatable bonds is 0. The number of aliphatic carboxylic acids is 4. The molecule has 2 N–H and O–H groups in total. The van der Waals surface area contributed by atoms with Gasteiger partial charge in [-0.3, -0.25) is 0 Å². The van der Waals surface area contributed by atoms with Crippen LogP contribution in [0.25, 0.3) is 0 Å². The van der Waals surface area contributed by atoms with Crippen molar-refractivity contribution in [2.75, 3.05) is 0 Å². The molecule has 0 spiro atoms. The van der Waals surface area contributed by atoms with E-state index < -0.39 is 23.9 Å². The molecule has 0 aromatic carbocycles. The summed E-state index contributed by atoms with van der Waals surface area (Å²) < 4.78 is 0. The molecular weight excluding hydrogens is 298 g/mol. The van der Waals surface area contributed by atoms with Gasteiger partial charge in [0.25, 0.3) is 0 Å². The van der Waals surface area contributed by atoms with Crippen LogP contribution in [-0.4, -0.2) is 29.4 Å². The third-order valence-corrected chi connectivity index (χ3v) is 0.333. The molecule has 0 aliphatic heterocycles. The van der Waals surface area contributed by atoms with E-state index in [2.05, 4.69) is 0 Å². The van der Waals surface area contributed by atoms with Crippen molar-refractivity contribution >= 4 is 23.9 Å². The molecule has 0 aromatic rings. The number of carbonyl (C=O) groups is 4. The topological polar surface area (TPSA) is 192 Å². The maximum absolute atomic E-state index is 8.93. The molecule has 0 aliphatic rings. The number of carboxylic acid groups (broad SMARTS) is 4. The fourth-order valence-electron chi connectivity index (χ4n) is 0. The molecule has 0 fully saturated rings. The van der Waals surface area contributed by atoms with E-state index in [1.807, 2.05) is 0 Å². The standard InChI is InChI=1S/2C2H2O4.H2O.Pd/c2*3-1(4)2(5)6;;/h2*(H,3,4)(H,5,6);1H2;/q;;;+4/p-4. The van der Waals surface area contributed by atoms with Gasteiger partial charge in [-0.05, 0) is 0 Å². The Morgan fingerprint density at radius 1 is 0.571 bits per heavy atom. The molecule has 0 saturated carbocycles. The Morgan fingerprint density at radius 2 is 0.643 bits per heavy atom. The van der Waals surface area contributed by atoms with Gasteiger partial charge in [-0.15, -0.1) is 0 Å². The molecule has 0 saturated heterocycles. The van der Waals surface area contributed by atoms with Gasteiger partial charge in [-0.1, -0.05) is 0 Å². The van der Waals surface area contributed by atoms with Gasteiger partial charge < -0.3 is 45.1 Å². The largest absolute Gasteiger partial charge is 4.00 e. The second-order valence-electron chi connectivity index (χ2n) is 1.15. The normalized spacial score (nSPS) is 6.29. The van der Waals surface area contributed by atoms with E-state index >= 15 is 0 Å². The summed E-state index contributed by atoms with van der Waals surface area (Å²) in [4.78, 5) is 35.7. The number of carboxylic acids is 4. The van der Waals surface area contributed by atoms with Gasteiger partial charge in [0, 0.05) is 0 Å². The Bertz CT molecular complexity index is 173. The third-order valence-electron chi connectivity index (χ3n) is 0.333. The SMILES string of the molecule is O.O=C([O-])C(=O)[O-].O=C([O-])C(=O)[O-].[Pd+4]. The van der Waals surface area contributed by atoms with E-state index in [9.17, 15) is 0 Å².